The van der Waals surface area contributed by atoms with Gasteiger partial charge in [0.05, 0.1) is 11.4 Å². The molecular formula is C64H38N8. The summed E-state index contributed by atoms with van der Waals surface area (Å²) in [6.45, 7) is 0. The summed E-state index contributed by atoms with van der Waals surface area (Å²) >= 11 is 0. The normalized spacial score (nSPS) is 11.6. The maximum atomic E-state index is 5.27. The van der Waals surface area contributed by atoms with E-state index in [-0.39, 0.29) is 0 Å². The van der Waals surface area contributed by atoms with Crippen LogP contribution < -0.4 is 0 Å². The van der Waals surface area contributed by atoms with E-state index >= 15 is 0 Å². The molecule has 4 aromatic heterocycles. The van der Waals surface area contributed by atoms with Crippen LogP contribution in [0.3, 0.4) is 0 Å². The van der Waals surface area contributed by atoms with Gasteiger partial charge in [0, 0.05) is 56.9 Å². The molecular weight excluding hydrogens is 881 g/mol. The number of rotatable bonds is 8. The number of fused-ring (bicyclic) bond motifs is 2. The summed E-state index contributed by atoms with van der Waals surface area (Å²) < 4.78 is 0. The molecule has 10 aromatic carbocycles. The van der Waals surface area contributed by atoms with Crippen molar-refractivity contribution in [3.63, 3.8) is 0 Å². The lowest BCUT2D eigenvalue weighted by molar-refractivity contribution is 1.08. The van der Waals surface area contributed by atoms with Gasteiger partial charge in [0.15, 0.2) is 34.9 Å². The van der Waals surface area contributed by atoms with Crippen molar-refractivity contribution in [3.8, 4) is 90.8 Å². The number of pyridine rings is 2. The van der Waals surface area contributed by atoms with Gasteiger partial charge in [-0.1, -0.05) is 170 Å². The van der Waals surface area contributed by atoms with Crippen LogP contribution in [0.25, 0.3) is 145 Å². The zero-order valence-electron chi connectivity index (χ0n) is 38.5. The number of nitrogens with zero attached hydrogens (tertiary/aromatic N) is 8. The lowest BCUT2D eigenvalue weighted by atomic mass is 9.89. The third-order valence-corrected chi connectivity index (χ3v) is 13.6. The van der Waals surface area contributed by atoms with Gasteiger partial charge in [-0.05, 0) is 102 Å². The maximum Gasteiger partial charge on any atom is 0.164 e. The third-order valence-electron chi connectivity index (χ3n) is 13.6. The van der Waals surface area contributed by atoms with E-state index in [1.54, 1.807) is 0 Å². The highest BCUT2D eigenvalue weighted by Crippen LogP contribution is 2.42. The molecule has 0 aliphatic rings. The van der Waals surface area contributed by atoms with Gasteiger partial charge < -0.3 is 0 Å². The molecule has 0 aliphatic heterocycles. The Morgan fingerprint density at radius 3 is 0.972 bits per heavy atom. The first-order valence-electron chi connectivity index (χ1n) is 23.9. The molecule has 14 rings (SSSR count). The Morgan fingerprint density at radius 2 is 0.556 bits per heavy atom. The number of aromatic nitrogens is 8. The van der Waals surface area contributed by atoms with E-state index < -0.39 is 0 Å². The average molecular weight is 919 g/mol. The van der Waals surface area contributed by atoms with Crippen LogP contribution >= 0.6 is 0 Å². The molecule has 8 heteroatoms. The van der Waals surface area contributed by atoms with Gasteiger partial charge in [0.1, 0.15) is 0 Å². The van der Waals surface area contributed by atoms with Crippen molar-refractivity contribution in [1.82, 2.24) is 39.9 Å². The van der Waals surface area contributed by atoms with Crippen molar-refractivity contribution in [2.24, 2.45) is 0 Å². The first-order chi connectivity index (χ1) is 35.6. The monoisotopic (exact) mass is 918 g/mol. The second kappa shape index (κ2) is 16.9. The summed E-state index contributed by atoms with van der Waals surface area (Å²) in [5, 5.41) is 11.1. The van der Waals surface area contributed by atoms with Gasteiger partial charge in [-0.15, -0.1) is 0 Å². The molecule has 72 heavy (non-hydrogen) atoms. The van der Waals surface area contributed by atoms with Gasteiger partial charge in [-0.2, -0.15) is 0 Å². The predicted molar refractivity (Wildman–Crippen MR) is 291 cm³/mol. The summed E-state index contributed by atoms with van der Waals surface area (Å²) in [6.07, 6.45) is 3.62. The molecule has 0 aliphatic carbocycles. The minimum Gasteiger partial charge on any atom is -0.256 e. The van der Waals surface area contributed by atoms with Crippen LogP contribution in [0.15, 0.2) is 231 Å². The van der Waals surface area contributed by atoms with Gasteiger partial charge in [-0.25, -0.2) is 29.9 Å². The Kier molecular flexibility index (Phi) is 9.67. The molecule has 0 saturated heterocycles. The highest BCUT2D eigenvalue weighted by Gasteiger charge is 2.21. The smallest absolute Gasteiger partial charge is 0.164 e. The molecule has 0 N–H and O–H groups in total. The van der Waals surface area contributed by atoms with E-state index in [0.29, 0.717) is 34.9 Å². The minimum atomic E-state index is 0.586. The molecule has 8 nitrogen and oxygen atoms in total. The summed E-state index contributed by atoms with van der Waals surface area (Å²) in [5.74, 6) is 3.55. The van der Waals surface area contributed by atoms with E-state index in [4.69, 9.17) is 29.9 Å². The van der Waals surface area contributed by atoms with Crippen molar-refractivity contribution >= 4 is 53.9 Å². The van der Waals surface area contributed by atoms with Crippen molar-refractivity contribution in [3.05, 3.63) is 231 Å². The van der Waals surface area contributed by atoms with Crippen LogP contribution in [0.2, 0.25) is 0 Å². The van der Waals surface area contributed by atoms with E-state index in [0.717, 1.165) is 110 Å². The van der Waals surface area contributed by atoms with Crippen molar-refractivity contribution in [2.75, 3.05) is 0 Å². The lowest BCUT2D eigenvalue weighted by Gasteiger charge is -2.16. The Labute approximate surface area is 413 Å². The summed E-state index contributed by atoms with van der Waals surface area (Å²) in [4.78, 5) is 40.5. The topological polar surface area (TPSA) is 103 Å². The first-order valence-corrected chi connectivity index (χ1v) is 23.9. The van der Waals surface area contributed by atoms with E-state index in [1.165, 1.54) is 0 Å². The molecule has 0 unspecified atom stereocenters. The van der Waals surface area contributed by atoms with Crippen LogP contribution in [-0.2, 0) is 0 Å². The SMILES string of the molecule is c1ccc(-c2ccc(-c3nc(-c4ccc5ccccc5c4)nc(-c4ccc5ccc6c(-c7nc(-c8ccc(-c9ccccn9)cc8)nc(-c8ccc9ccccc9c8)n7)ccc7ccc4c5c76)n3)cc2)nc1. The Balaban J connectivity index is 0.937. The molecule has 4 heterocycles. The molecule has 0 fully saturated rings. The van der Waals surface area contributed by atoms with Gasteiger partial charge in [0.2, 0.25) is 0 Å². The van der Waals surface area contributed by atoms with Crippen LogP contribution in [0.4, 0.5) is 0 Å². The number of hydrogen-bond donors (Lipinski definition) is 0. The number of hydrogen-bond acceptors (Lipinski definition) is 8. The molecule has 0 saturated carbocycles. The predicted octanol–water partition coefficient (Wildman–Crippen LogP) is 15.4. The largest absolute Gasteiger partial charge is 0.256 e. The van der Waals surface area contributed by atoms with Crippen molar-refractivity contribution in [2.45, 2.75) is 0 Å². The van der Waals surface area contributed by atoms with Crippen LogP contribution in [0, 0.1) is 0 Å². The van der Waals surface area contributed by atoms with Crippen molar-refractivity contribution in [1.29, 1.82) is 0 Å². The summed E-state index contributed by atoms with van der Waals surface area (Å²) in [7, 11) is 0. The van der Waals surface area contributed by atoms with E-state index in [1.807, 2.05) is 48.8 Å². The molecule has 0 bridgehead atoms. The molecule has 0 amide bonds. The maximum absolute atomic E-state index is 5.27. The second-order valence-electron chi connectivity index (χ2n) is 18.0. The van der Waals surface area contributed by atoms with E-state index in [9.17, 15) is 0 Å². The summed E-state index contributed by atoms with van der Waals surface area (Å²) in [5.41, 5.74) is 9.25. The van der Waals surface area contributed by atoms with E-state index in [2.05, 4.69) is 192 Å². The van der Waals surface area contributed by atoms with Crippen molar-refractivity contribution < 1.29 is 0 Å². The summed E-state index contributed by atoms with van der Waals surface area (Å²) in [6, 6.07) is 75.3. The molecule has 14 aromatic rings. The fraction of sp³-hybridized carbons (Fsp3) is 0. The molecule has 0 atom stereocenters. The van der Waals surface area contributed by atoms with Crippen LogP contribution in [0.1, 0.15) is 0 Å². The number of benzene rings is 10. The fourth-order valence-corrected chi connectivity index (χ4v) is 10.0. The minimum absolute atomic E-state index is 0.586. The lowest BCUT2D eigenvalue weighted by Crippen LogP contribution is -2.01. The molecule has 0 radical (unpaired) electrons. The third kappa shape index (κ3) is 7.25. The van der Waals surface area contributed by atoms with Crippen LogP contribution in [-0.4, -0.2) is 39.9 Å². The Bertz CT molecular complexity index is 4090. The average Bonchev–Trinajstić information content (AvgIpc) is 3.46. The quantitative estimate of drug-likeness (QED) is 0.139. The second-order valence-corrected chi connectivity index (χ2v) is 18.0. The Morgan fingerprint density at radius 1 is 0.222 bits per heavy atom. The van der Waals surface area contributed by atoms with Gasteiger partial charge in [0.25, 0.3) is 0 Å². The van der Waals surface area contributed by atoms with Crippen LogP contribution in [0.5, 0.6) is 0 Å². The fourth-order valence-electron chi connectivity index (χ4n) is 10.0. The first kappa shape index (κ1) is 41.1. The molecule has 334 valence electrons. The zero-order chi connectivity index (χ0) is 47.5. The zero-order valence-corrected chi connectivity index (χ0v) is 38.5. The standard InChI is InChI=1S/C64H38N8/c1-3-11-47-37-49(25-15-39(47)9-1)61-67-59(45-21-17-41(18-22-45)55-13-5-7-35-65-55)69-63(71-61)53-33-29-43-28-32-52-54(34-30-44-27-31-51(53)57(43)58(44)52)64-70-60(46-23-19-42(20-24-46)56-14-6-8-36-66-56)68-62(72-64)50-26-16-40-10-2-4-12-48(40)38-50/h1-38H. The highest BCUT2D eigenvalue weighted by molar-refractivity contribution is 6.27. The Hall–Kier alpha value is -9.92. The van der Waals surface area contributed by atoms with Gasteiger partial charge in [-0.3, -0.25) is 9.97 Å². The molecule has 0 spiro atoms. The van der Waals surface area contributed by atoms with Gasteiger partial charge >= 0.3 is 0 Å². The highest BCUT2D eigenvalue weighted by atomic mass is 15.0.